The van der Waals surface area contributed by atoms with E-state index in [1.807, 2.05) is 49.4 Å². The van der Waals surface area contributed by atoms with Crippen molar-refractivity contribution in [1.29, 1.82) is 0 Å². The lowest BCUT2D eigenvalue weighted by molar-refractivity contribution is -0.122. The standard InChI is InChI=1S/C30H23BrN2O6/c1-2-38-26-16-18(14-24-28(35)32-30(37)33(29(24)36)21-10-12-22(34)13-11-21)15-25(31)27(26)39-17-20-8-5-7-19-6-3-4-9-23(19)20/h3-16,34H,2,17H2,1H3,(H,32,35,37)/b24-14+. The zero-order valence-electron chi connectivity index (χ0n) is 20.8. The van der Waals surface area contributed by atoms with Crippen molar-refractivity contribution in [1.82, 2.24) is 5.32 Å². The molecule has 39 heavy (non-hydrogen) atoms. The van der Waals surface area contributed by atoms with Crippen LogP contribution in [0.1, 0.15) is 18.1 Å². The highest BCUT2D eigenvalue weighted by molar-refractivity contribution is 9.10. The van der Waals surface area contributed by atoms with E-state index in [0.717, 1.165) is 21.2 Å². The minimum Gasteiger partial charge on any atom is -0.508 e. The normalized spacial score (nSPS) is 14.6. The molecule has 1 aliphatic heterocycles. The van der Waals surface area contributed by atoms with Gasteiger partial charge < -0.3 is 14.6 Å². The maximum Gasteiger partial charge on any atom is 0.335 e. The second kappa shape index (κ2) is 11.0. The lowest BCUT2D eigenvalue weighted by Crippen LogP contribution is -2.54. The fraction of sp³-hybridized carbons (Fsp3) is 0.100. The molecule has 1 heterocycles. The number of hydrogen-bond acceptors (Lipinski definition) is 6. The Morgan fingerprint density at radius 2 is 1.69 bits per heavy atom. The van der Waals surface area contributed by atoms with Crippen molar-refractivity contribution in [2.45, 2.75) is 13.5 Å². The molecule has 0 aliphatic carbocycles. The number of nitrogens with zero attached hydrogens (tertiary/aromatic N) is 1. The van der Waals surface area contributed by atoms with Crippen LogP contribution < -0.4 is 19.7 Å². The maximum absolute atomic E-state index is 13.2. The van der Waals surface area contributed by atoms with Gasteiger partial charge in [-0.05, 0) is 87.2 Å². The molecule has 1 saturated heterocycles. The monoisotopic (exact) mass is 586 g/mol. The number of barbiturate groups is 1. The Morgan fingerprint density at radius 3 is 2.46 bits per heavy atom. The minimum atomic E-state index is -0.874. The summed E-state index contributed by atoms with van der Waals surface area (Å²) in [6.45, 7) is 2.50. The quantitative estimate of drug-likeness (QED) is 0.205. The topological polar surface area (TPSA) is 105 Å². The third-order valence-corrected chi connectivity index (χ3v) is 6.69. The first kappa shape index (κ1) is 26.0. The van der Waals surface area contributed by atoms with E-state index in [1.54, 1.807) is 12.1 Å². The summed E-state index contributed by atoms with van der Waals surface area (Å²) in [6.07, 6.45) is 1.39. The van der Waals surface area contributed by atoms with Gasteiger partial charge in [0.05, 0.1) is 16.8 Å². The molecule has 1 aliphatic rings. The van der Waals surface area contributed by atoms with Crippen molar-refractivity contribution in [2.75, 3.05) is 11.5 Å². The summed E-state index contributed by atoms with van der Waals surface area (Å²) in [5.74, 6) is -0.724. The number of carbonyl (C=O) groups excluding carboxylic acids is 3. The van der Waals surface area contributed by atoms with E-state index in [2.05, 4.69) is 21.2 Å². The maximum atomic E-state index is 13.2. The van der Waals surface area contributed by atoms with Gasteiger partial charge in [0.15, 0.2) is 11.5 Å². The number of phenols is 1. The summed E-state index contributed by atoms with van der Waals surface area (Å²) in [5, 5.41) is 13.9. The average Bonchev–Trinajstić information content (AvgIpc) is 2.92. The van der Waals surface area contributed by atoms with Gasteiger partial charge >= 0.3 is 6.03 Å². The van der Waals surface area contributed by atoms with Crippen molar-refractivity contribution in [2.24, 2.45) is 0 Å². The van der Waals surface area contributed by atoms with Crippen LogP contribution in [0.3, 0.4) is 0 Å². The van der Waals surface area contributed by atoms with Crippen LogP contribution in [0.5, 0.6) is 17.2 Å². The molecule has 9 heteroatoms. The van der Waals surface area contributed by atoms with Gasteiger partial charge in [-0.2, -0.15) is 0 Å². The number of ether oxygens (including phenoxy) is 2. The Morgan fingerprint density at radius 1 is 0.949 bits per heavy atom. The number of urea groups is 1. The number of halogens is 1. The Balaban J connectivity index is 1.46. The molecular formula is C30H23BrN2O6. The fourth-order valence-corrected chi connectivity index (χ4v) is 4.88. The number of phenolic OH excluding ortho intramolecular Hbond substituents is 1. The van der Waals surface area contributed by atoms with Gasteiger partial charge in [0.2, 0.25) is 0 Å². The SMILES string of the molecule is CCOc1cc(/C=C2\C(=O)NC(=O)N(c3ccc(O)cc3)C2=O)cc(Br)c1OCc1cccc2ccccc12. The predicted octanol–water partition coefficient (Wildman–Crippen LogP) is 5.95. The highest BCUT2D eigenvalue weighted by atomic mass is 79.9. The highest BCUT2D eigenvalue weighted by Gasteiger charge is 2.36. The zero-order valence-corrected chi connectivity index (χ0v) is 22.4. The van der Waals surface area contributed by atoms with Crippen molar-refractivity contribution in [3.05, 3.63) is 100 Å². The molecule has 196 valence electrons. The Bertz CT molecular complexity index is 1630. The number of hydrogen-bond donors (Lipinski definition) is 2. The van der Waals surface area contributed by atoms with Gasteiger partial charge in [-0.3, -0.25) is 14.9 Å². The second-order valence-electron chi connectivity index (χ2n) is 8.66. The highest BCUT2D eigenvalue weighted by Crippen LogP contribution is 2.38. The van der Waals surface area contributed by atoms with E-state index >= 15 is 0 Å². The van der Waals surface area contributed by atoms with Crippen molar-refractivity contribution >= 4 is 56.3 Å². The first-order valence-electron chi connectivity index (χ1n) is 12.1. The van der Waals surface area contributed by atoms with Crippen molar-refractivity contribution < 1.29 is 29.0 Å². The lowest BCUT2D eigenvalue weighted by Gasteiger charge is -2.26. The molecular weight excluding hydrogens is 564 g/mol. The number of carbonyl (C=O) groups is 3. The van der Waals surface area contributed by atoms with E-state index in [0.29, 0.717) is 34.7 Å². The van der Waals surface area contributed by atoms with Gasteiger partial charge in [0, 0.05) is 0 Å². The summed E-state index contributed by atoms with van der Waals surface area (Å²) >= 11 is 3.54. The number of aromatic hydroxyl groups is 1. The van der Waals surface area contributed by atoms with Crippen LogP contribution in [0.2, 0.25) is 0 Å². The molecule has 0 aromatic heterocycles. The molecule has 5 rings (SSSR count). The number of amides is 4. The first-order chi connectivity index (χ1) is 18.9. The molecule has 4 amide bonds. The van der Waals surface area contributed by atoms with Crippen LogP contribution in [0.4, 0.5) is 10.5 Å². The van der Waals surface area contributed by atoms with Crippen molar-refractivity contribution in [3.8, 4) is 17.2 Å². The molecule has 8 nitrogen and oxygen atoms in total. The van der Waals surface area contributed by atoms with Crippen LogP contribution in [0.25, 0.3) is 16.8 Å². The zero-order chi connectivity index (χ0) is 27.5. The number of anilines is 1. The Hall–Kier alpha value is -4.63. The number of imide groups is 2. The van der Waals surface area contributed by atoms with Crippen molar-refractivity contribution in [3.63, 3.8) is 0 Å². The molecule has 4 aromatic rings. The van der Waals surface area contributed by atoms with E-state index in [1.165, 1.54) is 30.3 Å². The molecule has 0 atom stereocenters. The molecule has 0 saturated carbocycles. The van der Waals surface area contributed by atoms with Gasteiger partial charge in [-0.15, -0.1) is 0 Å². The molecule has 0 bridgehead atoms. The van der Waals surface area contributed by atoms with E-state index in [9.17, 15) is 19.5 Å². The molecule has 1 fully saturated rings. The van der Waals surface area contributed by atoms with Gasteiger partial charge in [-0.1, -0.05) is 42.5 Å². The van der Waals surface area contributed by atoms with E-state index in [-0.39, 0.29) is 17.0 Å². The summed E-state index contributed by atoms with van der Waals surface area (Å²) in [5.41, 5.74) is 1.47. The van der Waals surface area contributed by atoms with Crippen LogP contribution in [-0.4, -0.2) is 29.6 Å². The molecule has 0 unspecified atom stereocenters. The molecule has 0 spiro atoms. The molecule has 0 radical (unpaired) electrons. The minimum absolute atomic E-state index is 0.0217. The summed E-state index contributed by atoms with van der Waals surface area (Å²) in [6, 6.07) is 22.1. The summed E-state index contributed by atoms with van der Waals surface area (Å²) < 4.78 is 12.6. The van der Waals surface area contributed by atoms with E-state index < -0.39 is 17.8 Å². The van der Waals surface area contributed by atoms with Crippen LogP contribution in [-0.2, 0) is 16.2 Å². The fourth-order valence-electron chi connectivity index (χ4n) is 4.30. The Kier molecular flexibility index (Phi) is 7.33. The first-order valence-corrected chi connectivity index (χ1v) is 12.9. The van der Waals surface area contributed by atoms with E-state index in [4.69, 9.17) is 9.47 Å². The van der Waals surface area contributed by atoms with Gasteiger partial charge in [0.1, 0.15) is 17.9 Å². The summed E-state index contributed by atoms with van der Waals surface area (Å²) in [4.78, 5) is 39.1. The largest absolute Gasteiger partial charge is 0.508 e. The number of nitrogens with one attached hydrogen (secondary N) is 1. The number of benzene rings is 4. The molecule has 2 N–H and O–H groups in total. The lowest BCUT2D eigenvalue weighted by atomic mass is 10.1. The predicted molar refractivity (Wildman–Crippen MR) is 151 cm³/mol. The number of rotatable bonds is 7. The third kappa shape index (κ3) is 5.35. The van der Waals surface area contributed by atoms with Gasteiger partial charge in [-0.25, -0.2) is 9.69 Å². The van der Waals surface area contributed by atoms with Crippen LogP contribution >= 0.6 is 15.9 Å². The second-order valence-corrected chi connectivity index (χ2v) is 9.52. The van der Waals surface area contributed by atoms with Crippen LogP contribution in [0, 0.1) is 0 Å². The number of fused-ring (bicyclic) bond motifs is 1. The smallest absolute Gasteiger partial charge is 0.335 e. The third-order valence-electron chi connectivity index (χ3n) is 6.10. The summed E-state index contributed by atoms with van der Waals surface area (Å²) in [7, 11) is 0. The Labute approximate surface area is 232 Å². The molecule has 4 aromatic carbocycles. The van der Waals surface area contributed by atoms with Gasteiger partial charge in [0.25, 0.3) is 11.8 Å². The average molecular weight is 587 g/mol. The van der Waals surface area contributed by atoms with Crippen LogP contribution in [0.15, 0.2) is 88.9 Å².